The van der Waals surface area contributed by atoms with Crippen molar-refractivity contribution in [3.05, 3.63) is 44.9 Å². The Morgan fingerprint density at radius 2 is 2.03 bits per heavy atom. The molecule has 2 N–H and O–H groups in total. The molecule has 7 heteroatoms. The highest BCUT2D eigenvalue weighted by Gasteiger charge is 2.58. The van der Waals surface area contributed by atoms with Crippen LogP contribution < -0.4 is 5.32 Å². The molecule has 1 unspecified atom stereocenters. The average Bonchev–Trinajstić information content (AvgIpc) is 3.03. The van der Waals surface area contributed by atoms with Crippen LogP contribution in [0.5, 0.6) is 0 Å². The molecule has 29 heavy (non-hydrogen) atoms. The average molecular weight is 436 g/mol. The van der Waals surface area contributed by atoms with Gasteiger partial charge in [-0.25, -0.2) is 0 Å². The fourth-order valence-electron chi connectivity index (χ4n) is 4.96. The monoisotopic (exact) mass is 435 g/mol. The molecule has 1 saturated carbocycles. The van der Waals surface area contributed by atoms with Gasteiger partial charge in [0.05, 0.1) is 0 Å². The first kappa shape index (κ1) is 22.1. The number of nitrogens with one attached hydrogen (secondary N) is 2. The highest BCUT2D eigenvalue weighted by Crippen LogP contribution is 2.56. The van der Waals surface area contributed by atoms with Crippen LogP contribution in [0.2, 0.25) is 0 Å². The Hall–Kier alpha value is -1.63. The van der Waals surface area contributed by atoms with Gasteiger partial charge in [0, 0.05) is 23.8 Å². The van der Waals surface area contributed by atoms with E-state index < -0.39 is 0 Å². The Morgan fingerprint density at radius 3 is 2.62 bits per heavy atom. The predicted molar refractivity (Wildman–Crippen MR) is 119 cm³/mol. The van der Waals surface area contributed by atoms with Crippen LogP contribution >= 0.6 is 23.7 Å². The largest absolute Gasteiger partial charge is 0.354 e. The fraction of sp³-hybridized carbons (Fsp3) is 0.545. The summed E-state index contributed by atoms with van der Waals surface area (Å²) in [6, 6.07) is 2.39. The van der Waals surface area contributed by atoms with E-state index in [2.05, 4.69) is 32.0 Å². The van der Waals surface area contributed by atoms with E-state index in [0.717, 1.165) is 43.6 Å². The Kier molecular flexibility index (Phi) is 6.56. The number of hydrogen-bond acceptors (Lipinski definition) is 4. The maximum Gasteiger partial charge on any atom is 0.271 e. The van der Waals surface area contributed by atoms with Crippen molar-refractivity contribution in [2.45, 2.75) is 59.0 Å². The van der Waals surface area contributed by atoms with Gasteiger partial charge in [-0.3, -0.25) is 9.59 Å². The second-order valence-corrected chi connectivity index (χ2v) is 9.07. The normalized spacial score (nSPS) is 19.6. The smallest absolute Gasteiger partial charge is 0.271 e. The number of piperidine rings is 1. The number of carbonyl (C=O) groups is 2. The molecule has 158 valence electrons. The van der Waals surface area contributed by atoms with Crippen molar-refractivity contribution in [2.24, 2.45) is 5.41 Å². The minimum atomic E-state index is 0. The Balaban J connectivity index is 0.00000240. The van der Waals surface area contributed by atoms with Crippen molar-refractivity contribution in [2.75, 3.05) is 13.1 Å². The van der Waals surface area contributed by atoms with Crippen LogP contribution in [0.15, 0.2) is 16.8 Å². The third kappa shape index (κ3) is 4.03. The number of thiophene rings is 1. The van der Waals surface area contributed by atoms with Crippen molar-refractivity contribution in [3.8, 4) is 0 Å². The topological polar surface area (TPSA) is 65.2 Å². The number of aromatic nitrogens is 1. The van der Waals surface area contributed by atoms with Crippen LogP contribution in [0.1, 0.15) is 70.8 Å². The first-order valence-electron chi connectivity index (χ1n) is 10.2. The zero-order chi connectivity index (χ0) is 19.9. The molecule has 2 aromatic rings. The molecule has 0 radical (unpaired) electrons. The lowest BCUT2D eigenvalue weighted by Crippen LogP contribution is -2.39. The van der Waals surface area contributed by atoms with Gasteiger partial charge < -0.3 is 15.2 Å². The number of Topliss-reactive ketones (excluding diaryl/α,β-unsaturated/α-hetero) is 1. The van der Waals surface area contributed by atoms with Gasteiger partial charge in [0.25, 0.3) is 5.91 Å². The van der Waals surface area contributed by atoms with E-state index in [0.29, 0.717) is 24.2 Å². The number of carbonyl (C=O) groups excluding carboxylic acids is 2. The van der Waals surface area contributed by atoms with E-state index in [1.165, 1.54) is 5.56 Å². The van der Waals surface area contributed by atoms with E-state index in [1.807, 2.05) is 13.8 Å². The van der Waals surface area contributed by atoms with Crippen molar-refractivity contribution in [1.82, 2.24) is 15.2 Å². The number of aryl methyl sites for hydroxylation is 1. The standard InChI is InChI=1S/C22H29N3O2S.ClH/c1-4-17-19(15(3)26)14(2)24-20(17)21(27)25(12-16-5-10-28-13-16)18-11-22(18)6-8-23-9-7-22;/h5,10,13,18,23-24H,4,6-9,11-12H2,1-3H3;1H. The molecule has 1 aliphatic carbocycles. The Morgan fingerprint density at radius 1 is 1.31 bits per heavy atom. The number of aromatic amines is 1. The molecular formula is C22H30ClN3O2S. The van der Waals surface area contributed by atoms with Gasteiger partial charge in [0.2, 0.25) is 0 Å². The summed E-state index contributed by atoms with van der Waals surface area (Å²) in [5.74, 6) is 0.0642. The van der Waals surface area contributed by atoms with Gasteiger partial charge in [0.15, 0.2) is 5.78 Å². The number of halogens is 1. The summed E-state index contributed by atoms with van der Waals surface area (Å²) < 4.78 is 0. The number of H-pyrrole nitrogens is 1. The second-order valence-electron chi connectivity index (χ2n) is 8.29. The van der Waals surface area contributed by atoms with Gasteiger partial charge in [-0.2, -0.15) is 11.3 Å². The third-order valence-corrected chi connectivity index (χ3v) is 7.26. The predicted octanol–water partition coefficient (Wildman–Crippen LogP) is 4.36. The minimum Gasteiger partial charge on any atom is -0.354 e. The number of rotatable bonds is 6. The van der Waals surface area contributed by atoms with Gasteiger partial charge in [-0.1, -0.05) is 6.92 Å². The van der Waals surface area contributed by atoms with Crippen molar-refractivity contribution >= 4 is 35.4 Å². The molecule has 2 aromatic heterocycles. The highest BCUT2D eigenvalue weighted by molar-refractivity contribution is 7.07. The lowest BCUT2D eigenvalue weighted by Gasteiger charge is -2.29. The van der Waals surface area contributed by atoms with Crippen LogP contribution in [-0.2, 0) is 13.0 Å². The molecule has 0 bridgehead atoms. The number of ketones is 1. The van der Waals surface area contributed by atoms with Gasteiger partial charge in [0.1, 0.15) is 5.69 Å². The zero-order valence-corrected chi connectivity index (χ0v) is 19.0. The maximum absolute atomic E-state index is 13.7. The van der Waals surface area contributed by atoms with Crippen LogP contribution in [-0.4, -0.2) is 40.7 Å². The minimum absolute atomic E-state index is 0. The molecule has 3 heterocycles. The molecule has 5 nitrogen and oxygen atoms in total. The summed E-state index contributed by atoms with van der Waals surface area (Å²) in [4.78, 5) is 31.2. The van der Waals surface area contributed by atoms with Crippen LogP contribution in [0.3, 0.4) is 0 Å². The molecule has 2 aliphatic rings. The van der Waals surface area contributed by atoms with Crippen LogP contribution in [0, 0.1) is 12.3 Å². The zero-order valence-electron chi connectivity index (χ0n) is 17.3. The summed E-state index contributed by atoms with van der Waals surface area (Å²) in [5, 5.41) is 7.63. The van der Waals surface area contributed by atoms with Crippen LogP contribution in [0.4, 0.5) is 0 Å². The van der Waals surface area contributed by atoms with Crippen LogP contribution in [0.25, 0.3) is 0 Å². The van der Waals surface area contributed by atoms with E-state index in [9.17, 15) is 9.59 Å². The van der Waals surface area contributed by atoms with Gasteiger partial charge in [-0.05, 0) is 86.0 Å². The van der Waals surface area contributed by atoms with Crippen molar-refractivity contribution in [3.63, 3.8) is 0 Å². The maximum atomic E-state index is 13.7. The first-order chi connectivity index (χ1) is 13.5. The number of nitrogens with zero attached hydrogens (tertiary/aromatic N) is 1. The van der Waals surface area contributed by atoms with Crippen molar-refractivity contribution in [1.29, 1.82) is 0 Å². The molecule has 0 aromatic carbocycles. The van der Waals surface area contributed by atoms with E-state index in [1.54, 1.807) is 18.3 Å². The summed E-state index contributed by atoms with van der Waals surface area (Å²) >= 11 is 1.67. The van der Waals surface area contributed by atoms with E-state index >= 15 is 0 Å². The molecule has 1 atom stereocenters. The quantitative estimate of drug-likeness (QED) is 0.662. The lowest BCUT2D eigenvalue weighted by molar-refractivity contribution is 0.0686. The highest BCUT2D eigenvalue weighted by atomic mass is 35.5. The third-order valence-electron chi connectivity index (χ3n) is 6.53. The fourth-order valence-corrected chi connectivity index (χ4v) is 5.62. The number of amides is 1. The molecule has 2 fully saturated rings. The first-order valence-corrected chi connectivity index (χ1v) is 11.2. The molecule has 1 aliphatic heterocycles. The molecule has 1 spiro atoms. The molecule has 4 rings (SSSR count). The Labute approximate surface area is 182 Å². The summed E-state index contributed by atoms with van der Waals surface area (Å²) in [5.41, 5.74) is 4.42. The molecule has 1 saturated heterocycles. The number of hydrogen-bond donors (Lipinski definition) is 2. The molecular weight excluding hydrogens is 406 g/mol. The van der Waals surface area contributed by atoms with Crippen molar-refractivity contribution < 1.29 is 9.59 Å². The second kappa shape index (κ2) is 8.62. The summed E-state index contributed by atoms with van der Waals surface area (Å²) in [6.45, 7) is 8.19. The Bertz CT molecular complexity index is 884. The summed E-state index contributed by atoms with van der Waals surface area (Å²) in [7, 11) is 0. The van der Waals surface area contributed by atoms with Gasteiger partial charge >= 0.3 is 0 Å². The lowest BCUT2D eigenvalue weighted by atomic mass is 9.93. The summed E-state index contributed by atoms with van der Waals surface area (Å²) in [6.07, 6.45) is 4.03. The SMILES string of the molecule is CCc1c(C(=O)N(Cc2ccsc2)C2CC23CCNCC3)[nH]c(C)c1C(C)=O.Cl. The van der Waals surface area contributed by atoms with E-state index in [-0.39, 0.29) is 35.6 Å². The van der Waals surface area contributed by atoms with Gasteiger partial charge in [-0.15, -0.1) is 12.4 Å². The van der Waals surface area contributed by atoms with E-state index in [4.69, 9.17) is 0 Å². The molecule has 1 amide bonds.